The monoisotopic (exact) mass is 386 g/mol. The molecule has 0 saturated heterocycles. The van der Waals surface area contributed by atoms with Gasteiger partial charge >= 0.3 is 10.0 Å². The summed E-state index contributed by atoms with van der Waals surface area (Å²) in [5.74, 6) is 0.555. The van der Waals surface area contributed by atoms with E-state index in [9.17, 15) is 16.8 Å². The van der Waals surface area contributed by atoms with Crippen LogP contribution in [0.5, 0.6) is 0 Å². The van der Waals surface area contributed by atoms with Crippen LogP contribution in [-0.4, -0.2) is 29.2 Å². The van der Waals surface area contributed by atoms with Gasteiger partial charge in [0.25, 0.3) is 15.9 Å². The molecule has 0 amide bonds. The number of benzene rings is 1. The van der Waals surface area contributed by atoms with Gasteiger partial charge in [-0.25, -0.2) is 8.42 Å². The smallest absolute Gasteiger partial charge is 0.279 e. The highest BCUT2D eigenvalue weighted by Crippen LogP contribution is 2.22. The van der Waals surface area contributed by atoms with Crippen molar-refractivity contribution in [2.24, 2.45) is 0 Å². The Kier molecular flexibility index (Phi) is 4.61. The first-order valence-corrected chi connectivity index (χ1v) is 11.0. The molecule has 128 valence electrons. The molecule has 7 nitrogen and oxygen atoms in total. The summed E-state index contributed by atoms with van der Waals surface area (Å²) >= 11 is 1.09. The van der Waals surface area contributed by atoms with Gasteiger partial charge in [-0.2, -0.15) is 13.1 Å². The number of hydrogen-bond donors (Lipinski definition) is 3. The van der Waals surface area contributed by atoms with Crippen molar-refractivity contribution in [3.05, 3.63) is 41.8 Å². The molecule has 1 aliphatic rings. The maximum absolute atomic E-state index is 12.4. The van der Waals surface area contributed by atoms with Gasteiger partial charge in [0.2, 0.25) is 0 Å². The average Bonchev–Trinajstić information content (AvgIpc) is 3.20. The van der Waals surface area contributed by atoms with E-state index in [2.05, 4.69) is 14.4 Å². The maximum atomic E-state index is 12.4. The van der Waals surface area contributed by atoms with E-state index in [1.54, 1.807) is 11.4 Å². The summed E-state index contributed by atoms with van der Waals surface area (Å²) in [6, 6.07) is 8.83. The first kappa shape index (κ1) is 16.9. The second kappa shape index (κ2) is 6.54. The summed E-state index contributed by atoms with van der Waals surface area (Å²) in [6.45, 7) is 0.735. The van der Waals surface area contributed by atoms with E-state index in [0.29, 0.717) is 12.3 Å². The summed E-state index contributed by atoms with van der Waals surface area (Å²) in [7, 11) is -7.48. The third-order valence-electron chi connectivity index (χ3n) is 3.36. The van der Waals surface area contributed by atoms with Crippen LogP contribution in [0, 0.1) is 0 Å². The maximum Gasteiger partial charge on any atom is 0.328 e. The summed E-state index contributed by atoms with van der Waals surface area (Å²) < 4.78 is 54.3. The fourth-order valence-electron chi connectivity index (χ4n) is 2.25. The average molecular weight is 387 g/mol. The van der Waals surface area contributed by atoms with Gasteiger partial charge in [-0.15, -0.1) is 11.3 Å². The zero-order valence-corrected chi connectivity index (χ0v) is 15.0. The molecule has 2 aromatic rings. The van der Waals surface area contributed by atoms with Crippen LogP contribution in [0.15, 0.2) is 50.9 Å². The van der Waals surface area contributed by atoms with E-state index < -0.39 is 20.0 Å². The molecule has 0 radical (unpaired) electrons. The number of nitrogens with one attached hydrogen (secondary N) is 3. The van der Waals surface area contributed by atoms with Crippen LogP contribution in [-0.2, 0) is 20.0 Å². The first-order valence-electron chi connectivity index (χ1n) is 7.16. The molecule has 0 aliphatic carbocycles. The van der Waals surface area contributed by atoms with Crippen LogP contribution in [0.4, 0.5) is 5.69 Å². The molecule has 1 aromatic heterocycles. The molecule has 0 spiro atoms. The fraction of sp³-hybridized carbons (Fsp3) is 0.214. The summed E-state index contributed by atoms with van der Waals surface area (Å²) in [5.41, 5.74) is 0.190. The number of thiophene rings is 1. The Hall–Kier alpha value is -1.91. The van der Waals surface area contributed by atoms with Crippen LogP contribution in [0.2, 0.25) is 0 Å². The Labute approximate surface area is 144 Å². The lowest BCUT2D eigenvalue weighted by atomic mass is 10.3. The van der Waals surface area contributed by atoms with Crippen LogP contribution in [0.3, 0.4) is 0 Å². The molecule has 3 rings (SSSR count). The second-order valence-corrected chi connectivity index (χ2v) is 9.72. The minimum absolute atomic E-state index is 0.00456. The van der Waals surface area contributed by atoms with Crippen molar-refractivity contribution in [1.29, 1.82) is 0 Å². The Morgan fingerprint density at radius 2 is 1.83 bits per heavy atom. The minimum atomic E-state index is -3.76. The number of amidine groups is 1. The van der Waals surface area contributed by atoms with Crippen molar-refractivity contribution >= 4 is 42.9 Å². The SMILES string of the molecule is O=S(=O)(NC1=[NH+]CCC1)c1cccc(NS(=O)(=O)c2cccs2)c1. The number of rotatable bonds is 5. The van der Waals surface area contributed by atoms with Gasteiger partial charge < -0.3 is 0 Å². The van der Waals surface area contributed by atoms with E-state index in [-0.39, 0.29) is 14.8 Å². The lowest BCUT2D eigenvalue weighted by Crippen LogP contribution is -2.72. The summed E-state index contributed by atoms with van der Waals surface area (Å²) in [4.78, 5) is 2.97. The lowest BCUT2D eigenvalue weighted by Gasteiger charge is -2.08. The van der Waals surface area contributed by atoms with Gasteiger partial charge in [-0.05, 0) is 36.1 Å². The predicted octanol–water partition coefficient (Wildman–Crippen LogP) is 0.100. The van der Waals surface area contributed by atoms with Gasteiger partial charge in [0.15, 0.2) is 0 Å². The molecule has 0 bridgehead atoms. The molecule has 3 N–H and O–H groups in total. The highest BCUT2D eigenvalue weighted by molar-refractivity contribution is 7.94. The van der Waals surface area contributed by atoms with Crippen LogP contribution >= 0.6 is 11.3 Å². The van der Waals surface area contributed by atoms with E-state index in [1.165, 1.54) is 30.3 Å². The van der Waals surface area contributed by atoms with Gasteiger partial charge in [-0.3, -0.25) is 9.71 Å². The fourth-order valence-corrected chi connectivity index (χ4v) is 5.45. The molecule has 1 aromatic carbocycles. The quantitative estimate of drug-likeness (QED) is 0.678. The van der Waals surface area contributed by atoms with Crippen LogP contribution in [0.25, 0.3) is 0 Å². The van der Waals surface area contributed by atoms with E-state index in [4.69, 9.17) is 0 Å². The Bertz CT molecular complexity index is 964. The first-order chi connectivity index (χ1) is 11.4. The Morgan fingerprint density at radius 1 is 1.00 bits per heavy atom. The molecule has 0 atom stereocenters. The minimum Gasteiger partial charge on any atom is -0.279 e. The zero-order chi connectivity index (χ0) is 17.2. The van der Waals surface area contributed by atoms with Crippen molar-refractivity contribution in [3.63, 3.8) is 0 Å². The largest absolute Gasteiger partial charge is 0.328 e. The summed E-state index contributed by atoms with van der Waals surface area (Å²) in [5, 5.41) is 1.66. The van der Waals surface area contributed by atoms with Gasteiger partial charge in [0, 0.05) is 0 Å². The molecule has 0 saturated carbocycles. The standard InChI is InChI=1S/C14H15N3O4S3/c18-23(19,17-13-6-2-8-15-13)12-5-1-4-11(10-12)16-24(20,21)14-7-3-9-22-14/h1,3-5,7,9-10,16H,2,6,8H2,(H,15,17)/p+1. The molecule has 0 fully saturated rings. The van der Waals surface area contributed by atoms with Crippen LogP contribution in [0.1, 0.15) is 12.8 Å². The molecular formula is C14H16N3O4S3+. The van der Waals surface area contributed by atoms with Crippen molar-refractivity contribution in [2.75, 3.05) is 11.3 Å². The van der Waals surface area contributed by atoms with Crippen molar-refractivity contribution in [3.8, 4) is 0 Å². The normalized spacial score (nSPS) is 15.1. The van der Waals surface area contributed by atoms with E-state index >= 15 is 0 Å². The molecule has 10 heteroatoms. The molecular weight excluding hydrogens is 370 g/mol. The van der Waals surface area contributed by atoms with Crippen molar-refractivity contribution in [1.82, 2.24) is 4.72 Å². The molecule has 2 heterocycles. The van der Waals surface area contributed by atoms with Crippen LogP contribution < -0.4 is 14.4 Å². The third kappa shape index (κ3) is 3.77. The number of anilines is 1. The summed E-state index contributed by atoms with van der Waals surface area (Å²) in [6.07, 6.45) is 1.52. The molecule has 1 aliphatic heterocycles. The Balaban J connectivity index is 1.84. The van der Waals surface area contributed by atoms with Crippen molar-refractivity contribution in [2.45, 2.75) is 21.9 Å². The lowest BCUT2D eigenvalue weighted by molar-refractivity contribution is -0.448. The van der Waals surface area contributed by atoms with Gasteiger partial charge in [0.05, 0.1) is 18.7 Å². The number of sulfonamides is 2. The third-order valence-corrected chi connectivity index (χ3v) is 7.52. The van der Waals surface area contributed by atoms with Gasteiger partial charge in [0.1, 0.15) is 9.10 Å². The van der Waals surface area contributed by atoms with E-state index in [0.717, 1.165) is 24.3 Å². The second-order valence-electron chi connectivity index (χ2n) is 5.18. The van der Waals surface area contributed by atoms with Gasteiger partial charge in [-0.1, -0.05) is 12.1 Å². The van der Waals surface area contributed by atoms with Crippen molar-refractivity contribution < 1.29 is 21.8 Å². The zero-order valence-electron chi connectivity index (χ0n) is 12.5. The van der Waals surface area contributed by atoms with E-state index in [1.807, 2.05) is 0 Å². The molecule has 24 heavy (non-hydrogen) atoms. The highest BCUT2D eigenvalue weighted by atomic mass is 32.2. The predicted molar refractivity (Wildman–Crippen MR) is 92.0 cm³/mol. The number of hydrogen-bond acceptors (Lipinski definition) is 5. The Morgan fingerprint density at radius 3 is 2.50 bits per heavy atom. The highest BCUT2D eigenvalue weighted by Gasteiger charge is 2.25. The topological polar surface area (TPSA) is 106 Å². The molecule has 0 unspecified atom stereocenters.